The van der Waals surface area contributed by atoms with E-state index in [0.29, 0.717) is 23.5 Å². The van der Waals surface area contributed by atoms with Crippen molar-refractivity contribution in [2.45, 2.75) is 13.0 Å². The fraction of sp³-hybridized carbons (Fsp3) is 0.188. The number of amides is 1. The maximum atomic E-state index is 11.9. The van der Waals surface area contributed by atoms with Crippen molar-refractivity contribution in [3.63, 3.8) is 0 Å². The van der Waals surface area contributed by atoms with Gasteiger partial charge in [0.1, 0.15) is 11.5 Å². The van der Waals surface area contributed by atoms with Crippen LogP contribution in [0.3, 0.4) is 0 Å². The fourth-order valence-corrected chi connectivity index (χ4v) is 2.03. The lowest BCUT2D eigenvalue weighted by Gasteiger charge is -2.11. The Morgan fingerprint density at radius 1 is 1.24 bits per heavy atom. The number of hydrogen-bond donors (Lipinski definition) is 3. The predicted octanol–water partition coefficient (Wildman–Crippen LogP) is 1.84. The van der Waals surface area contributed by atoms with E-state index >= 15 is 0 Å². The highest BCUT2D eigenvalue weighted by Gasteiger charge is 2.09. The highest BCUT2D eigenvalue weighted by Crippen LogP contribution is 2.21. The molecule has 21 heavy (non-hydrogen) atoms. The zero-order valence-electron chi connectivity index (χ0n) is 11.8. The first-order chi connectivity index (χ1) is 10.1. The van der Waals surface area contributed by atoms with E-state index in [1.54, 1.807) is 49.6 Å². The molecule has 110 valence electrons. The summed E-state index contributed by atoms with van der Waals surface area (Å²) < 4.78 is 5.22. The average molecular weight is 286 g/mol. The number of ether oxygens (including phenoxy) is 1. The van der Waals surface area contributed by atoms with Gasteiger partial charge in [0.25, 0.3) is 0 Å². The number of carbonyl (C=O) groups excluding carboxylic acids is 1. The van der Waals surface area contributed by atoms with Crippen molar-refractivity contribution < 1.29 is 14.6 Å². The second-order valence-corrected chi connectivity index (χ2v) is 4.65. The van der Waals surface area contributed by atoms with Gasteiger partial charge in [-0.15, -0.1) is 0 Å². The van der Waals surface area contributed by atoms with Crippen LogP contribution in [0.4, 0.5) is 5.69 Å². The first kappa shape index (κ1) is 14.7. The van der Waals surface area contributed by atoms with Crippen LogP contribution in [0.25, 0.3) is 0 Å². The summed E-state index contributed by atoms with van der Waals surface area (Å²) in [5.41, 5.74) is 7.74. The summed E-state index contributed by atoms with van der Waals surface area (Å²) in [5.74, 6) is 0.613. The topological polar surface area (TPSA) is 84.6 Å². The number of benzene rings is 2. The van der Waals surface area contributed by atoms with Crippen molar-refractivity contribution >= 4 is 11.6 Å². The van der Waals surface area contributed by atoms with Crippen LogP contribution in [-0.2, 0) is 17.8 Å². The molecule has 0 heterocycles. The molecule has 0 spiro atoms. The molecule has 0 aliphatic heterocycles. The molecule has 0 saturated carbocycles. The van der Waals surface area contributed by atoms with Gasteiger partial charge in [0.05, 0.1) is 13.5 Å². The zero-order chi connectivity index (χ0) is 15.2. The van der Waals surface area contributed by atoms with Crippen molar-refractivity contribution in [2.75, 3.05) is 12.8 Å². The quantitative estimate of drug-likeness (QED) is 0.732. The lowest BCUT2D eigenvalue weighted by Crippen LogP contribution is -2.24. The molecule has 0 unspecified atom stereocenters. The van der Waals surface area contributed by atoms with E-state index in [9.17, 15) is 9.90 Å². The average Bonchev–Trinajstić information content (AvgIpc) is 2.48. The summed E-state index contributed by atoms with van der Waals surface area (Å²) in [7, 11) is 1.57. The van der Waals surface area contributed by atoms with Crippen LogP contribution in [0, 0.1) is 0 Å². The molecular formula is C16H18N2O3. The number of rotatable bonds is 5. The maximum Gasteiger partial charge on any atom is 0.224 e. The van der Waals surface area contributed by atoms with E-state index in [4.69, 9.17) is 10.5 Å². The third-order valence-corrected chi connectivity index (χ3v) is 3.12. The summed E-state index contributed by atoms with van der Waals surface area (Å²) >= 11 is 0. The van der Waals surface area contributed by atoms with Gasteiger partial charge in [-0.3, -0.25) is 4.79 Å². The molecule has 5 heteroatoms. The Kier molecular flexibility index (Phi) is 4.66. The molecule has 0 aliphatic rings. The normalized spacial score (nSPS) is 10.1. The molecule has 0 aliphatic carbocycles. The second kappa shape index (κ2) is 6.65. The largest absolute Gasteiger partial charge is 0.508 e. The van der Waals surface area contributed by atoms with E-state index in [-0.39, 0.29) is 18.1 Å². The number of phenols is 1. The Balaban J connectivity index is 1.98. The van der Waals surface area contributed by atoms with Gasteiger partial charge >= 0.3 is 0 Å². The second-order valence-electron chi connectivity index (χ2n) is 4.65. The molecule has 0 saturated heterocycles. The molecule has 0 radical (unpaired) electrons. The van der Waals surface area contributed by atoms with Gasteiger partial charge in [-0.2, -0.15) is 0 Å². The molecule has 4 N–H and O–H groups in total. The number of phenolic OH excluding ortho intramolecular Hbond substituents is 1. The third kappa shape index (κ3) is 3.89. The minimum atomic E-state index is -0.180. The third-order valence-electron chi connectivity index (χ3n) is 3.12. The van der Waals surface area contributed by atoms with Crippen LogP contribution in [0.5, 0.6) is 11.5 Å². The Morgan fingerprint density at radius 2 is 2.00 bits per heavy atom. The van der Waals surface area contributed by atoms with E-state index in [1.807, 2.05) is 0 Å². The first-order valence-corrected chi connectivity index (χ1v) is 6.56. The molecule has 2 aromatic carbocycles. The highest BCUT2D eigenvalue weighted by molar-refractivity contribution is 5.79. The smallest absolute Gasteiger partial charge is 0.224 e. The van der Waals surface area contributed by atoms with Crippen LogP contribution >= 0.6 is 0 Å². The van der Waals surface area contributed by atoms with Gasteiger partial charge in [0.15, 0.2) is 0 Å². The number of carbonyl (C=O) groups is 1. The Bertz CT molecular complexity index is 641. The number of hydrogen-bond acceptors (Lipinski definition) is 4. The standard InChI is InChI=1S/C16H18N2O3/c1-21-15-7-6-13(17)8-12(15)10-18-16(20)9-11-4-2-3-5-14(11)19/h2-8,19H,9-10,17H2,1H3,(H,18,20). The molecule has 0 fully saturated rings. The summed E-state index contributed by atoms with van der Waals surface area (Å²) in [4.78, 5) is 11.9. The Morgan fingerprint density at radius 3 is 2.71 bits per heavy atom. The molecular weight excluding hydrogens is 268 g/mol. The van der Waals surface area contributed by atoms with Crippen molar-refractivity contribution in [1.82, 2.24) is 5.32 Å². The van der Waals surface area contributed by atoms with Gasteiger partial charge < -0.3 is 20.9 Å². The van der Waals surface area contributed by atoms with Gasteiger partial charge in [0.2, 0.25) is 5.91 Å². The minimum absolute atomic E-state index is 0.120. The van der Waals surface area contributed by atoms with Crippen molar-refractivity contribution in [2.24, 2.45) is 0 Å². The number of para-hydroxylation sites is 1. The van der Waals surface area contributed by atoms with Crippen molar-refractivity contribution in [1.29, 1.82) is 0 Å². The number of nitrogen functional groups attached to an aromatic ring is 1. The van der Waals surface area contributed by atoms with Gasteiger partial charge in [0, 0.05) is 23.4 Å². The van der Waals surface area contributed by atoms with E-state index < -0.39 is 0 Å². The van der Waals surface area contributed by atoms with Crippen LogP contribution < -0.4 is 15.8 Å². The van der Waals surface area contributed by atoms with Gasteiger partial charge in [-0.1, -0.05) is 18.2 Å². The molecule has 1 amide bonds. The van der Waals surface area contributed by atoms with Crippen LogP contribution in [-0.4, -0.2) is 18.1 Å². The van der Waals surface area contributed by atoms with Gasteiger partial charge in [-0.25, -0.2) is 0 Å². The number of nitrogens with two attached hydrogens (primary N) is 1. The summed E-state index contributed by atoms with van der Waals surface area (Å²) in [5, 5.41) is 12.4. The maximum absolute atomic E-state index is 11.9. The van der Waals surface area contributed by atoms with Crippen molar-refractivity contribution in [3.8, 4) is 11.5 Å². The number of methoxy groups -OCH3 is 1. The molecule has 2 aromatic rings. The van der Waals surface area contributed by atoms with E-state index in [0.717, 1.165) is 5.56 Å². The summed E-state index contributed by atoms with van der Waals surface area (Å²) in [6, 6.07) is 12.0. The Hall–Kier alpha value is -2.69. The van der Waals surface area contributed by atoms with Crippen LogP contribution in [0.15, 0.2) is 42.5 Å². The number of anilines is 1. The Labute approximate surface area is 123 Å². The lowest BCUT2D eigenvalue weighted by atomic mass is 10.1. The van der Waals surface area contributed by atoms with Crippen molar-refractivity contribution in [3.05, 3.63) is 53.6 Å². The number of nitrogens with one attached hydrogen (secondary N) is 1. The summed E-state index contributed by atoms with van der Waals surface area (Å²) in [6.45, 7) is 0.320. The molecule has 2 rings (SSSR count). The van der Waals surface area contributed by atoms with E-state index in [2.05, 4.69) is 5.32 Å². The highest BCUT2D eigenvalue weighted by atomic mass is 16.5. The van der Waals surface area contributed by atoms with E-state index in [1.165, 1.54) is 0 Å². The predicted molar refractivity (Wildman–Crippen MR) is 81.1 cm³/mol. The van der Waals surface area contributed by atoms with Crippen LogP contribution in [0.2, 0.25) is 0 Å². The SMILES string of the molecule is COc1ccc(N)cc1CNC(=O)Cc1ccccc1O. The van der Waals surface area contributed by atoms with Gasteiger partial charge in [-0.05, 0) is 24.3 Å². The summed E-state index contributed by atoms with van der Waals surface area (Å²) in [6.07, 6.45) is 0.122. The first-order valence-electron chi connectivity index (χ1n) is 6.56. The molecule has 0 atom stereocenters. The minimum Gasteiger partial charge on any atom is -0.508 e. The number of aromatic hydroxyl groups is 1. The zero-order valence-corrected chi connectivity index (χ0v) is 11.8. The monoisotopic (exact) mass is 286 g/mol. The lowest BCUT2D eigenvalue weighted by molar-refractivity contribution is -0.120. The molecule has 0 bridgehead atoms. The van der Waals surface area contributed by atoms with Crippen LogP contribution in [0.1, 0.15) is 11.1 Å². The molecule has 0 aromatic heterocycles. The fourth-order valence-electron chi connectivity index (χ4n) is 2.03. The molecule has 5 nitrogen and oxygen atoms in total.